The summed E-state index contributed by atoms with van der Waals surface area (Å²) in [5, 5.41) is 0. The third kappa shape index (κ3) is 7.85. The monoisotopic (exact) mass is 196 g/mol. The summed E-state index contributed by atoms with van der Waals surface area (Å²) in [6, 6.07) is 8.76. The first-order valence-electron chi connectivity index (χ1n) is 4.88. The zero-order chi connectivity index (χ0) is 9.40. The summed E-state index contributed by atoms with van der Waals surface area (Å²) < 4.78 is 0. The summed E-state index contributed by atoms with van der Waals surface area (Å²) in [5.74, 6) is 0. The quantitative estimate of drug-likeness (QED) is 0.606. The van der Waals surface area contributed by atoms with Crippen LogP contribution in [0.25, 0.3) is 0 Å². The Balaban J connectivity index is -0.000000284. The van der Waals surface area contributed by atoms with E-state index in [0.717, 1.165) is 0 Å². The van der Waals surface area contributed by atoms with Crippen LogP contribution in [0, 0.1) is 6.92 Å². The normalized spacial score (nSPS) is 7.43. The first-order chi connectivity index (χ1) is 5.83. The minimum Gasteiger partial charge on any atom is -0.0776 e. The van der Waals surface area contributed by atoms with Crippen molar-refractivity contribution in [1.29, 1.82) is 0 Å². The Morgan fingerprint density at radius 3 is 1.71 bits per heavy atom. The van der Waals surface area contributed by atoms with E-state index >= 15 is 0 Å². The van der Waals surface area contributed by atoms with E-state index in [9.17, 15) is 0 Å². The van der Waals surface area contributed by atoms with Crippen LogP contribution in [-0.4, -0.2) is 0 Å². The smallest absolute Gasteiger partial charge is 0.0281 e. The SMILES string of the molecule is C.C.CC.CCCc1ccc(C)cc1. The predicted octanol–water partition coefficient (Wildman–Crippen LogP) is 5.25. The second-order valence-electron chi connectivity index (χ2n) is 2.74. The average molecular weight is 196 g/mol. The molecular formula is C14H28. The number of hydrogen-bond acceptors (Lipinski definition) is 0. The molecule has 0 aliphatic heterocycles. The van der Waals surface area contributed by atoms with E-state index in [2.05, 4.69) is 38.1 Å². The highest BCUT2D eigenvalue weighted by Gasteiger charge is 1.87. The van der Waals surface area contributed by atoms with Crippen LogP contribution in [0.2, 0.25) is 0 Å². The summed E-state index contributed by atoms with van der Waals surface area (Å²) in [5.41, 5.74) is 2.80. The predicted molar refractivity (Wildman–Crippen MR) is 70.0 cm³/mol. The Morgan fingerprint density at radius 1 is 0.929 bits per heavy atom. The molecule has 0 N–H and O–H groups in total. The van der Waals surface area contributed by atoms with Crippen molar-refractivity contribution < 1.29 is 0 Å². The second kappa shape index (κ2) is 12.2. The van der Waals surface area contributed by atoms with Crippen LogP contribution >= 0.6 is 0 Å². The zero-order valence-corrected chi connectivity index (χ0v) is 8.72. The van der Waals surface area contributed by atoms with Gasteiger partial charge >= 0.3 is 0 Å². The summed E-state index contributed by atoms with van der Waals surface area (Å²) in [7, 11) is 0. The van der Waals surface area contributed by atoms with Crippen LogP contribution in [0.4, 0.5) is 0 Å². The molecule has 0 aliphatic carbocycles. The zero-order valence-electron chi connectivity index (χ0n) is 8.72. The maximum absolute atomic E-state index is 2.21. The van der Waals surface area contributed by atoms with E-state index in [-0.39, 0.29) is 14.9 Å². The van der Waals surface area contributed by atoms with Crippen molar-refractivity contribution in [3.05, 3.63) is 35.4 Å². The number of benzene rings is 1. The molecule has 0 spiro atoms. The van der Waals surface area contributed by atoms with Crippen LogP contribution in [-0.2, 0) is 6.42 Å². The van der Waals surface area contributed by atoms with E-state index < -0.39 is 0 Å². The van der Waals surface area contributed by atoms with E-state index in [0.29, 0.717) is 0 Å². The van der Waals surface area contributed by atoms with E-state index in [4.69, 9.17) is 0 Å². The van der Waals surface area contributed by atoms with Crippen molar-refractivity contribution in [3.63, 3.8) is 0 Å². The average Bonchev–Trinajstić information content (AvgIpc) is 2.13. The molecular weight excluding hydrogens is 168 g/mol. The molecule has 0 radical (unpaired) electrons. The van der Waals surface area contributed by atoms with Gasteiger partial charge in [0.1, 0.15) is 0 Å². The van der Waals surface area contributed by atoms with Crippen LogP contribution < -0.4 is 0 Å². The lowest BCUT2D eigenvalue weighted by atomic mass is 10.1. The van der Waals surface area contributed by atoms with Gasteiger partial charge in [-0.2, -0.15) is 0 Å². The number of aryl methyl sites for hydroxylation is 2. The van der Waals surface area contributed by atoms with Crippen LogP contribution in [0.5, 0.6) is 0 Å². The molecule has 0 aromatic heterocycles. The van der Waals surface area contributed by atoms with Crippen molar-refractivity contribution >= 4 is 0 Å². The van der Waals surface area contributed by atoms with Crippen LogP contribution in [0.1, 0.15) is 53.2 Å². The molecule has 0 bridgehead atoms. The highest BCUT2D eigenvalue weighted by atomic mass is 13.9. The fourth-order valence-corrected chi connectivity index (χ4v) is 1.04. The minimum atomic E-state index is 0. The first kappa shape index (κ1) is 18.9. The molecule has 84 valence electrons. The Bertz CT molecular complexity index is 184. The lowest BCUT2D eigenvalue weighted by molar-refractivity contribution is 0.921. The molecule has 0 heteroatoms. The van der Waals surface area contributed by atoms with Gasteiger partial charge < -0.3 is 0 Å². The van der Waals surface area contributed by atoms with Crippen molar-refractivity contribution in [1.82, 2.24) is 0 Å². The summed E-state index contributed by atoms with van der Waals surface area (Å²) >= 11 is 0. The van der Waals surface area contributed by atoms with Crippen LogP contribution in [0.3, 0.4) is 0 Å². The summed E-state index contributed by atoms with van der Waals surface area (Å²) in [6.45, 7) is 8.33. The standard InChI is InChI=1S/C10H14.C2H6.2CH4/c1-3-4-10-7-5-9(2)6-8-10;1-2;;/h5-8H,3-4H2,1-2H3;1-2H3;2*1H4. The van der Waals surface area contributed by atoms with Crippen molar-refractivity contribution in [3.8, 4) is 0 Å². The summed E-state index contributed by atoms with van der Waals surface area (Å²) in [6.07, 6.45) is 2.45. The minimum absolute atomic E-state index is 0. The topological polar surface area (TPSA) is 0 Å². The molecule has 0 amide bonds. The molecule has 0 saturated carbocycles. The third-order valence-electron chi connectivity index (χ3n) is 1.66. The van der Waals surface area contributed by atoms with Gasteiger partial charge in [-0.25, -0.2) is 0 Å². The lowest BCUT2D eigenvalue weighted by Gasteiger charge is -1.97. The maximum atomic E-state index is 2.21. The van der Waals surface area contributed by atoms with E-state index in [1.54, 1.807) is 0 Å². The van der Waals surface area contributed by atoms with Gasteiger partial charge in [0.05, 0.1) is 0 Å². The summed E-state index contributed by atoms with van der Waals surface area (Å²) in [4.78, 5) is 0. The Labute approximate surface area is 91.4 Å². The molecule has 1 aromatic rings. The molecule has 1 aromatic carbocycles. The highest BCUT2D eigenvalue weighted by molar-refractivity contribution is 5.21. The highest BCUT2D eigenvalue weighted by Crippen LogP contribution is 2.04. The molecule has 0 saturated heterocycles. The molecule has 0 aliphatic rings. The van der Waals surface area contributed by atoms with Gasteiger partial charge in [-0.15, -0.1) is 0 Å². The second-order valence-corrected chi connectivity index (χ2v) is 2.74. The Kier molecular flexibility index (Phi) is 16.5. The first-order valence-corrected chi connectivity index (χ1v) is 4.88. The van der Waals surface area contributed by atoms with E-state index in [1.165, 1.54) is 24.0 Å². The van der Waals surface area contributed by atoms with E-state index in [1.807, 2.05) is 13.8 Å². The number of hydrogen-bond donors (Lipinski definition) is 0. The molecule has 0 unspecified atom stereocenters. The van der Waals surface area contributed by atoms with Gasteiger partial charge in [0.25, 0.3) is 0 Å². The van der Waals surface area contributed by atoms with Gasteiger partial charge in [-0.3, -0.25) is 0 Å². The molecule has 0 atom stereocenters. The van der Waals surface area contributed by atoms with Gasteiger partial charge in [-0.05, 0) is 18.9 Å². The van der Waals surface area contributed by atoms with Gasteiger partial charge in [-0.1, -0.05) is 71.9 Å². The van der Waals surface area contributed by atoms with Crippen LogP contribution in [0.15, 0.2) is 24.3 Å². The molecule has 0 nitrogen and oxygen atoms in total. The lowest BCUT2D eigenvalue weighted by Crippen LogP contribution is -1.81. The fourth-order valence-electron chi connectivity index (χ4n) is 1.04. The van der Waals surface area contributed by atoms with Crippen molar-refractivity contribution in [2.45, 2.75) is 55.4 Å². The van der Waals surface area contributed by atoms with Gasteiger partial charge in [0.2, 0.25) is 0 Å². The largest absolute Gasteiger partial charge is 0.0776 e. The van der Waals surface area contributed by atoms with Crippen molar-refractivity contribution in [2.75, 3.05) is 0 Å². The maximum Gasteiger partial charge on any atom is -0.0281 e. The Morgan fingerprint density at radius 2 is 1.36 bits per heavy atom. The fraction of sp³-hybridized carbons (Fsp3) is 0.571. The molecule has 0 heterocycles. The molecule has 0 fully saturated rings. The Hall–Kier alpha value is -0.780. The molecule has 14 heavy (non-hydrogen) atoms. The molecule has 1 rings (SSSR count). The number of rotatable bonds is 2. The third-order valence-corrected chi connectivity index (χ3v) is 1.66. The van der Waals surface area contributed by atoms with Gasteiger partial charge in [0.15, 0.2) is 0 Å². The van der Waals surface area contributed by atoms with Crippen molar-refractivity contribution in [2.24, 2.45) is 0 Å². The van der Waals surface area contributed by atoms with Gasteiger partial charge in [0, 0.05) is 0 Å².